The van der Waals surface area contributed by atoms with Crippen LogP contribution >= 0.6 is 0 Å². The average molecular weight is 240 g/mol. The summed E-state index contributed by atoms with van der Waals surface area (Å²) in [5.41, 5.74) is 0. The van der Waals surface area contributed by atoms with E-state index in [1.807, 2.05) is 0 Å². The van der Waals surface area contributed by atoms with Gasteiger partial charge in [-0.05, 0) is 13.3 Å². The van der Waals surface area contributed by atoms with Gasteiger partial charge in [0.25, 0.3) is 0 Å². The van der Waals surface area contributed by atoms with Crippen LogP contribution in [0.5, 0.6) is 0 Å². The highest BCUT2D eigenvalue weighted by molar-refractivity contribution is 5.82. The van der Waals surface area contributed by atoms with Gasteiger partial charge in [-0.25, -0.2) is 0 Å². The number of carbonyl (C=O) groups excluding carboxylic acids is 1. The summed E-state index contributed by atoms with van der Waals surface area (Å²) in [4.78, 5) is 15.7. The zero-order valence-electron chi connectivity index (χ0n) is 9.64. The summed E-state index contributed by atoms with van der Waals surface area (Å²) in [7, 11) is 0. The number of aliphatic hydroxyl groups is 1. The molecule has 7 nitrogen and oxygen atoms in total. The van der Waals surface area contributed by atoms with E-state index >= 15 is 0 Å². The average Bonchev–Trinajstić information content (AvgIpc) is 2.88. The van der Waals surface area contributed by atoms with Crippen molar-refractivity contribution in [2.24, 2.45) is 0 Å². The second-order valence-electron chi connectivity index (χ2n) is 4.13. The molecule has 2 atom stereocenters. The van der Waals surface area contributed by atoms with E-state index in [0.29, 0.717) is 37.6 Å². The molecule has 2 unspecified atom stereocenters. The van der Waals surface area contributed by atoms with Crippen LogP contribution in [-0.4, -0.2) is 46.4 Å². The summed E-state index contributed by atoms with van der Waals surface area (Å²) in [6.07, 6.45) is 0.553. The number of carbonyl (C=O) groups is 1. The van der Waals surface area contributed by atoms with Crippen molar-refractivity contribution >= 4 is 5.91 Å². The van der Waals surface area contributed by atoms with Crippen LogP contribution in [0.2, 0.25) is 0 Å². The van der Waals surface area contributed by atoms with E-state index in [2.05, 4.69) is 20.8 Å². The molecular weight excluding hydrogens is 224 g/mol. The van der Waals surface area contributed by atoms with Gasteiger partial charge in [-0.2, -0.15) is 4.98 Å². The molecule has 1 aliphatic rings. The number of aryl methyl sites for hydroxylation is 1. The van der Waals surface area contributed by atoms with E-state index in [9.17, 15) is 9.90 Å². The second kappa shape index (κ2) is 5.24. The first-order valence-corrected chi connectivity index (χ1v) is 5.63. The van der Waals surface area contributed by atoms with Crippen molar-refractivity contribution < 1.29 is 14.4 Å². The molecule has 0 saturated carbocycles. The van der Waals surface area contributed by atoms with Gasteiger partial charge in [0.1, 0.15) is 0 Å². The van der Waals surface area contributed by atoms with E-state index in [-0.39, 0.29) is 11.9 Å². The van der Waals surface area contributed by atoms with Gasteiger partial charge in [-0.1, -0.05) is 5.16 Å². The molecule has 7 heteroatoms. The Morgan fingerprint density at radius 1 is 1.71 bits per heavy atom. The fourth-order valence-electron chi connectivity index (χ4n) is 1.77. The molecule has 3 N–H and O–H groups in total. The minimum absolute atomic E-state index is 0.0993. The molecule has 1 amide bonds. The zero-order valence-corrected chi connectivity index (χ0v) is 9.64. The highest BCUT2D eigenvalue weighted by Gasteiger charge is 2.27. The first kappa shape index (κ1) is 12.0. The maximum atomic E-state index is 11.6. The van der Waals surface area contributed by atoms with Crippen LogP contribution in [0.3, 0.4) is 0 Å². The number of amides is 1. The predicted octanol–water partition coefficient (Wildman–Crippen LogP) is -1.24. The predicted molar refractivity (Wildman–Crippen MR) is 58.2 cm³/mol. The number of rotatable bonds is 4. The monoisotopic (exact) mass is 240 g/mol. The van der Waals surface area contributed by atoms with Crippen LogP contribution < -0.4 is 10.6 Å². The molecule has 0 aromatic carbocycles. The Hall–Kier alpha value is -1.47. The topological polar surface area (TPSA) is 100 Å². The number of nitrogens with one attached hydrogen (secondary N) is 2. The van der Waals surface area contributed by atoms with Crippen molar-refractivity contribution in [3.05, 3.63) is 11.7 Å². The summed E-state index contributed by atoms with van der Waals surface area (Å²) in [5, 5.41) is 18.6. The summed E-state index contributed by atoms with van der Waals surface area (Å²) in [6, 6.07) is -0.297. The van der Waals surface area contributed by atoms with Crippen LogP contribution in [-0.2, 0) is 11.2 Å². The standard InChI is InChI=1S/C10H16N4O3/c1-6-13-9(17-14-6)2-3-11-10(16)8-4-7(15)5-12-8/h7-8,12,15H,2-5H2,1H3,(H,11,16). The van der Waals surface area contributed by atoms with Gasteiger partial charge in [0.2, 0.25) is 11.8 Å². The highest BCUT2D eigenvalue weighted by Crippen LogP contribution is 2.05. The molecule has 2 rings (SSSR count). The van der Waals surface area contributed by atoms with Gasteiger partial charge in [-0.3, -0.25) is 4.79 Å². The molecule has 1 aliphatic heterocycles. The van der Waals surface area contributed by atoms with Crippen LogP contribution in [0, 0.1) is 6.92 Å². The molecule has 17 heavy (non-hydrogen) atoms. The molecule has 0 spiro atoms. The first-order valence-electron chi connectivity index (χ1n) is 5.63. The summed E-state index contributed by atoms with van der Waals surface area (Å²) in [6.45, 7) is 2.67. The Morgan fingerprint density at radius 2 is 2.53 bits per heavy atom. The molecule has 1 fully saturated rings. The Bertz CT molecular complexity index is 393. The zero-order chi connectivity index (χ0) is 12.3. The Labute approximate surface area is 98.6 Å². The summed E-state index contributed by atoms with van der Waals surface area (Å²) in [5.74, 6) is 1.01. The number of hydrogen-bond acceptors (Lipinski definition) is 6. The van der Waals surface area contributed by atoms with Gasteiger partial charge >= 0.3 is 0 Å². The number of β-amino-alcohol motifs (C(OH)–C–C–N with tert-alkyl or cyclic N) is 1. The van der Waals surface area contributed by atoms with Crippen LogP contribution in [0.1, 0.15) is 18.1 Å². The minimum Gasteiger partial charge on any atom is -0.392 e. The fourth-order valence-corrected chi connectivity index (χ4v) is 1.77. The smallest absolute Gasteiger partial charge is 0.237 e. The summed E-state index contributed by atoms with van der Waals surface area (Å²) >= 11 is 0. The van der Waals surface area contributed by atoms with Crippen LogP contribution in [0.4, 0.5) is 0 Å². The molecule has 0 radical (unpaired) electrons. The van der Waals surface area contributed by atoms with E-state index < -0.39 is 6.10 Å². The first-order chi connectivity index (χ1) is 8.15. The lowest BCUT2D eigenvalue weighted by atomic mass is 10.2. The third kappa shape index (κ3) is 3.24. The number of hydrogen-bond donors (Lipinski definition) is 3. The quantitative estimate of drug-likeness (QED) is 0.608. The maximum Gasteiger partial charge on any atom is 0.237 e. The van der Waals surface area contributed by atoms with Crippen LogP contribution in [0.15, 0.2) is 4.52 Å². The Kier molecular flexibility index (Phi) is 3.70. The van der Waals surface area contributed by atoms with Crippen molar-refractivity contribution in [3.8, 4) is 0 Å². The van der Waals surface area contributed by atoms with Gasteiger partial charge < -0.3 is 20.3 Å². The molecule has 1 saturated heterocycles. The van der Waals surface area contributed by atoms with Crippen molar-refractivity contribution in [1.82, 2.24) is 20.8 Å². The van der Waals surface area contributed by atoms with E-state index in [0.717, 1.165) is 0 Å². The lowest BCUT2D eigenvalue weighted by Crippen LogP contribution is -2.41. The lowest BCUT2D eigenvalue weighted by molar-refractivity contribution is -0.122. The largest absolute Gasteiger partial charge is 0.392 e. The fraction of sp³-hybridized carbons (Fsp3) is 0.700. The number of aliphatic hydroxyl groups excluding tert-OH is 1. The van der Waals surface area contributed by atoms with Crippen molar-refractivity contribution in [1.29, 1.82) is 0 Å². The molecule has 1 aromatic heterocycles. The molecule has 0 bridgehead atoms. The molecule has 1 aromatic rings. The molecule has 0 aliphatic carbocycles. The third-order valence-corrected chi connectivity index (χ3v) is 2.63. The van der Waals surface area contributed by atoms with Crippen LogP contribution in [0.25, 0.3) is 0 Å². The van der Waals surface area contributed by atoms with Gasteiger partial charge in [0, 0.05) is 19.5 Å². The lowest BCUT2D eigenvalue weighted by Gasteiger charge is -2.09. The van der Waals surface area contributed by atoms with Gasteiger partial charge in [-0.15, -0.1) is 0 Å². The minimum atomic E-state index is -0.427. The normalized spacial score (nSPS) is 23.9. The SMILES string of the molecule is Cc1noc(CCNC(=O)C2CC(O)CN2)n1. The summed E-state index contributed by atoms with van der Waals surface area (Å²) < 4.78 is 4.92. The van der Waals surface area contributed by atoms with E-state index in [4.69, 9.17) is 4.52 Å². The van der Waals surface area contributed by atoms with Gasteiger partial charge in [0.15, 0.2) is 5.82 Å². The molecular formula is C10H16N4O3. The Balaban J connectivity index is 1.70. The van der Waals surface area contributed by atoms with E-state index in [1.165, 1.54) is 0 Å². The van der Waals surface area contributed by atoms with E-state index in [1.54, 1.807) is 6.92 Å². The number of aromatic nitrogens is 2. The maximum absolute atomic E-state index is 11.6. The number of nitrogens with zero attached hydrogens (tertiary/aromatic N) is 2. The third-order valence-electron chi connectivity index (χ3n) is 2.63. The Morgan fingerprint density at radius 3 is 3.12 bits per heavy atom. The van der Waals surface area contributed by atoms with Crippen molar-refractivity contribution in [2.75, 3.05) is 13.1 Å². The molecule has 94 valence electrons. The highest BCUT2D eigenvalue weighted by atomic mass is 16.5. The molecule has 2 heterocycles. The second-order valence-corrected chi connectivity index (χ2v) is 4.13. The van der Waals surface area contributed by atoms with Crippen molar-refractivity contribution in [3.63, 3.8) is 0 Å². The van der Waals surface area contributed by atoms with Gasteiger partial charge in [0.05, 0.1) is 12.1 Å². The van der Waals surface area contributed by atoms with Crippen molar-refractivity contribution in [2.45, 2.75) is 31.9 Å².